The molecule has 7 nitrogen and oxygen atoms in total. The van der Waals surface area contributed by atoms with Gasteiger partial charge in [0.2, 0.25) is 5.91 Å². The van der Waals surface area contributed by atoms with Crippen molar-refractivity contribution >= 4 is 23.2 Å². The zero-order valence-electron chi connectivity index (χ0n) is 17.8. The van der Waals surface area contributed by atoms with Gasteiger partial charge in [0.1, 0.15) is 5.71 Å². The number of anilines is 1. The average molecular weight is 421 g/mol. The number of nitrogens with one attached hydrogen (secondary N) is 1. The molecule has 1 unspecified atom stereocenters. The van der Waals surface area contributed by atoms with Crippen LogP contribution < -0.4 is 19.8 Å². The lowest BCUT2D eigenvalue weighted by atomic mass is 9.95. The Kier molecular flexibility index (Phi) is 6.21. The number of carbonyl (C=O) groups is 2. The molecule has 2 aliphatic heterocycles. The molecule has 162 valence electrons. The van der Waals surface area contributed by atoms with Crippen LogP contribution in [0.3, 0.4) is 0 Å². The SMILES string of the molecule is CC(C)C(NC(=O)C1=NN(c2ccccc2)C(=O)CC1)c1ccc2c(c1)OCCCO2. The van der Waals surface area contributed by atoms with Gasteiger partial charge in [0, 0.05) is 19.3 Å². The third kappa shape index (κ3) is 4.71. The monoisotopic (exact) mass is 421 g/mol. The van der Waals surface area contributed by atoms with Crippen molar-refractivity contribution in [3.63, 3.8) is 0 Å². The molecule has 7 heteroatoms. The van der Waals surface area contributed by atoms with Crippen LogP contribution >= 0.6 is 0 Å². The third-order valence-corrected chi connectivity index (χ3v) is 5.38. The molecular weight excluding hydrogens is 394 g/mol. The maximum atomic E-state index is 13.1. The Labute approximate surface area is 182 Å². The number of rotatable bonds is 5. The zero-order chi connectivity index (χ0) is 21.8. The van der Waals surface area contributed by atoms with Crippen molar-refractivity contribution < 1.29 is 19.1 Å². The molecule has 0 bridgehead atoms. The molecular formula is C24H27N3O4. The maximum absolute atomic E-state index is 13.1. The smallest absolute Gasteiger partial charge is 0.268 e. The van der Waals surface area contributed by atoms with E-state index < -0.39 is 0 Å². The van der Waals surface area contributed by atoms with Crippen LogP contribution in [0.25, 0.3) is 0 Å². The average Bonchev–Trinajstić information content (AvgIpc) is 3.03. The van der Waals surface area contributed by atoms with E-state index in [9.17, 15) is 9.59 Å². The number of carbonyl (C=O) groups excluding carboxylic acids is 2. The molecule has 2 heterocycles. The molecule has 2 aliphatic rings. The van der Waals surface area contributed by atoms with Crippen LogP contribution in [0.2, 0.25) is 0 Å². The minimum atomic E-state index is -0.265. The Morgan fingerprint density at radius 3 is 2.52 bits per heavy atom. The highest BCUT2D eigenvalue weighted by Gasteiger charge is 2.28. The van der Waals surface area contributed by atoms with Crippen molar-refractivity contribution in [1.29, 1.82) is 0 Å². The molecule has 0 radical (unpaired) electrons. The molecule has 0 saturated heterocycles. The van der Waals surface area contributed by atoms with E-state index in [0.717, 1.165) is 17.7 Å². The van der Waals surface area contributed by atoms with Crippen molar-refractivity contribution in [3.8, 4) is 11.5 Å². The highest BCUT2D eigenvalue weighted by Crippen LogP contribution is 2.34. The Hall–Kier alpha value is -3.35. The highest BCUT2D eigenvalue weighted by molar-refractivity contribution is 6.40. The molecule has 2 amide bonds. The largest absolute Gasteiger partial charge is 0.490 e. The normalized spacial score (nSPS) is 17.1. The number of hydrogen-bond acceptors (Lipinski definition) is 5. The molecule has 0 spiro atoms. The summed E-state index contributed by atoms with van der Waals surface area (Å²) in [6.07, 6.45) is 1.41. The van der Waals surface area contributed by atoms with Gasteiger partial charge in [0.15, 0.2) is 11.5 Å². The van der Waals surface area contributed by atoms with Gasteiger partial charge in [0.05, 0.1) is 24.9 Å². The number of ether oxygens (including phenoxy) is 2. The molecule has 0 fully saturated rings. The van der Waals surface area contributed by atoms with Crippen molar-refractivity contribution in [3.05, 3.63) is 54.1 Å². The molecule has 2 aromatic rings. The summed E-state index contributed by atoms with van der Waals surface area (Å²) in [7, 11) is 0. The van der Waals surface area contributed by atoms with Crippen molar-refractivity contribution in [2.75, 3.05) is 18.2 Å². The number of para-hydroxylation sites is 1. The van der Waals surface area contributed by atoms with Gasteiger partial charge in [-0.1, -0.05) is 38.1 Å². The predicted octanol–water partition coefficient (Wildman–Crippen LogP) is 3.84. The molecule has 31 heavy (non-hydrogen) atoms. The van der Waals surface area contributed by atoms with Crippen LogP contribution in [0.1, 0.15) is 44.7 Å². The van der Waals surface area contributed by atoms with Crippen LogP contribution in [0, 0.1) is 5.92 Å². The predicted molar refractivity (Wildman–Crippen MR) is 118 cm³/mol. The Morgan fingerprint density at radius 1 is 1.03 bits per heavy atom. The van der Waals surface area contributed by atoms with E-state index >= 15 is 0 Å². The van der Waals surface area contributed by atoms with E-state index in [0.29, 0.717) is 36.8 Å². The molecule has 1 atom stereocenters. The van der Waals surface area contributed by atoms with Crippen LogP contribution in [0.15, 0.2) is 53.6 Å². The maximum Gasteiger partial charge on any atom is 0.268 e. The minimum Gasteiger partial charge on any atom is -0.490 e. The first-order valence-electron chi connectivity index (χ1n) is 10.7. The summed E-state index contributed by atoms with van der Waals surface area (Å²) in [5.74, 6) is 1.18. The van der Waals surface area contributed by atoms with Crippen molar-refractivity contribution in [2.45, 2.75) is 39.2 Å². The first-order chi connectivity index (χ1) is 15.0. The van der Waals surface area contributed by atoms with Crippen molar-refractivity contribution in [1.82, 2.24) is 5.32 Å². The summed E-state index contributed by atoms with van der Waals surface area (Å²) < 4.78 is 11.5. The van der Waals surface area contributed by atoms with E-state index in [4.69, 9.17) is 9.47 Å². The van der Waals surface area contributed by atoms with Crippen LogP contribution in [0.5, 0.6) is 11.5 Å². The second kappa shape index (κ2) is 9.20. The zero-order valence-corrected chi connectivity index (χ0v) is 17.8. The molecule has 0 aliphatic carbocycles. The van der Waals surface area contributed by atoms with Crippen LogP contribution in [0.4, 0.5) is 5.69 Å². The molecule has 1 N–H and O–H groups in total. The summed E-state index contributed by atoms with van der Waals surface area (Å²) in [4.78, 5) is 25.4. The van der Waals surface area contributed by atoms with E-state index in [2.05, 4.69) is 24.3 Å². The van der Waals surface area contributed by atoms with Gasteiger partial charge < -0.3 is 14.8 Å². The molecule has 2 aromatic carbocycles. The van der Waals surface area contributed by atoms with Gasteiger partial charge in [-0.05, 0) is 35.7 Å². The van der Waals surface area contributed by atoms with Gasteiger partial charge in [-0.3, -0.25) is 9.59 Å². The summed E-state index contributed by atoms with van der Waals surface area (Å²) in [6, 6.07) is 14.7. The van der Waals surface area contributed by atoms with Crippen molar-refractivity contribution in [2.24, 2.45) is 11.0 Å². The quantitative estimate of drug-likeness (QED) is 0.795. The fourth-order valence-electron chi connectivity index (χ4n) is 3.72. The van der Waals surface area contributed by atoms with Crippen LogP contribution in [-0.4, -0.2) is 30.7 Å². The summed E-state index contributed by atoms with van der Waals surface area (Å²) >= 11 is 0. The number of amides is 2. The minimum absolute atomic E-state index is 0.119. The van der Waals surface area contributed by atoms with Gasteiger partial charge in [-0.2, -0.15) is 5.10 Å². The lowest BCUT2D eigenvalue weighted by Gasteiger charge is -2.26. The number of hydrazone groups is 1. The second-order valence-corrected chi connectivity index (χ2v) is 8.04. The summed E-state index contributed by atoms with van der Waals surface area (Å²) in [5.41, 5.74) is 1.95. The molecule has 0 saturated carbocycles. The number of nitrogens with zero attached hydrogens (tertiary/aromatic N) is 2. The second-order valence-electron chi connectivity index (χ2n) is 8.04. The first kappa shape index (κ1) is 20.9. The lowest BCUT2D eigenvalue weighted by molar-refractivity contribution is -0.119. The number of benzene rings is 2. The Bertz CT molecular complexity index is 988. The molecule has 4 rings (SSSR count). The fraction of sp³-hybridized carbons (Fsp3) is 0.375. The van der Waals surface area contributed by atoms with E-state index in [-0.39, 0.29) is 30.2 Å². The summed E-state index contributed by atoms with van der Waals surface area (Å²) in [6.45, 7) is 5.34. The highest BCUT2D eigenvalue weighted by atomic mass is 16.5. The Morgan fingerprint density at radius 2 is 1.77 bits per heavy atom. The van der Waals surface area contributed by atoms with Gasteiger partial charge in [0.25, 0.3) is 5.91 Å². The van der Waals surface area contributed by atoms with E-state index in [1.54, 1.807) is 12.1 Å². The van der Waals surface area contributed by atoms with Gasteiger partial charge in [-0.15, -0.1) is 0 Å². The topological polar surface area (TPSA) is 80.2 Å². The number of hydrogen-bond donors (Lipinski definition) is 1. The third-order valence-electron chi connectivity index (χ3n) is 5.38. The summed E-state index contributed by atoms with van der Waals surface area (Å²) in [5, 5.41) is 8.79. The number of fused-ring (bicyclic) bond motifs is 1. The Balaban J connectivity index is 1.55. The standard InChI is InChI=1S/C24H27N3O4/c1-16(2)23(17-9-11-20-21(15-17)31-14-6-13-30-20)25-24(29)19-10-12-22(28)27(26-19)18-7-4-3-5-8-18/h3-5,7-9,11,15-16,23H,6,10,12-14H2,1-2H3,(H,25,29). The fourth-order valence-corrected chi connectivity index (χ4v) is 3.72. The van der Waals surface area contributed by atoms with E-state index in [1.165, 1.54) is 5.01 Å². The molecule has 0 aromatic heterocycles. The van der Waals surface area contributed by atoms with E-state index in [1.807, 2.05) is 36.4 Å². The first-order valence-corrected chi connectivity index (χ1v) is 10.7. The van der Waals surface area contributed by atoms with Gasteiger partial charge >= 0.3 is 0 Å². The van der Waals surface area contributed by atoms with Gasteiger partial charge in [-0.25, -0.2) is 5.01 Å². The van der Waals surface area contributed by atoms with Crippen LogP contribution in [-0.2, 0) is 9.59 Å². The lowest BCUT2D eigenvalue weighted by Crippen LogP contribution is -2.41.